The molecule has 3 aromatic rings. The number of nitro groups is 1. The minimum absolute atomic E-state index is 0.00741. The summed E-state index contributed by atoms with van der Waals surface area (Å²) in [7, 11) is -3.66. The van der Waals surface area contributed by atoms with Crippen LogP contribution in [0.3, 0.4) is 0 Å². The van der Waals surface area contributed by atoms with Gasteiger partial charge in [0.1, 0.15) is 0 Å². The number of piperidine rings is 1. The van der Waals surface area contributed by atoms with E-state index in [0.717, 1.165) is 0 Å². The molecule has 11 heteroatoms. The lowest BCUT2D eigenvalue weighted by Gasteiger charge is -2.31. The molecule has 1 aliphatic heterocycles. The van der Waals surface area contributed by atoms with Gasteiger partial charge in [-0.15, -0.1) is 11.3 Å². The second kappa shape index (κ2) is 9.38. The van der Waals surface area contributed by atoms with E-state index in [0.29, 0.717) is 41.3 Å². The molecule has 0 bridgehead atoms. The lowest BCUT2D eigenvalue weighted by atomic mass is 9.99. The fourth-order valence-corrected chi connectivity index (χ4v) is 6.02. The number of thiazole rings is 1. The van der Waals surface area contributed by atoms with Crippen molar-refractivity contribution < 1.29 is 18.1 Å². The zero-order valence-corrected chi connectivity index (χ0v) is 19.4. The van der Waals surface area contributed by atoms with Gasteiger partial charge in [-0.25, -0.2) is 13.4 Å². The Morgan fingerprint density at radius 3 is 2.73 bits per heavy atom. The van der Waals surface area contributed by atoms with E-state index in [1.165, 1.54) is 21.7 Å². The van der Waals surface area contributed by atoms with Gasteiger partial charge in [0.2, 0.25) is 15.9 Å². The summed E-state index contributed by atoms with van der Waals surface area (Å²) in [6.45, 7) is 2.14. The number of benzene rings is 2. The third kappa shape index (κ3) is 4.95. The van der Waals surface area contributed by atoms with E-state index in [4.69, 9.17) is 0 Å². The van der Waals surface area contributed by atoms with Gasteiger partial charge in [0.15, 0.2) is 5.13 Å². The van der Waals surface area contributed by atoms with Crippen LogP contribution in [-0.2, 0) is 14.8 Å². The molecule has 1 aliphatic rings. The van der Waals surface area contributed by atoms with E-state index in [9.17, 15) is 23.3 Å². The van der Waals surface area contributed by atoms with Crippen LogP contribution in [0.1, 0.15) is 18.4 Å². The van der Waals surface area contributed by atoms with Gasteiger partial charge in [0.05, 0.1) is 21.4 Å². The number of nitrogens with one attached hydrogen (secondary N) is 1. The fourth-order valence-electron chi connectivity index (χ4n) is 3.75. The Bertz CT molecular complexity index is 1290. The first-order chi connectivity index (χ1) is 15.8. The van der Waals surface area contributed by atoms with Gasteiger partial charge in [-0.1, -0.05) is 30.3 Å². The summed E-state index contributed by atoms with van der Waals surface area (Å²) >= 11 is 1.21. The maximum absolute atomic E-state index is 12.9. The van der Waals surface area contributed by atoms with Crippen LogP contribution in [0.25, 0.3) is 11.3 Å². The van der Waals surface area contributed by atoms with Gasteiger partial charge in [-0.3, -0.25) is 14.9 Å². The van der Waals surface area contributed by atoms with Gasteiger partial charge >= 0.3 is 0 Å². The summed E-state index contributed by atoms with van der Waals surface area (Å²) in [5, 5.41) is 16.1. The maximum Gasteiger partial charge on any atom is 0.272 e. The van der Waals surface area contributed by atoms with Crippen molar-refractivity contribution in [2.24, 2.45) is 5.92 Å². The third-order valence-electron chi connectivity index (χ3n) is 5.57. The van der Waals surface area contributed by atoms with Crippen molar-refractivity contribution in [2.75, 3.05) is 18.4 Å². The number of aromatic nitrogens is 1. The SMILES string of the molecule is Cc1ccc(-c2csc(NC(=O)C3CCCN(S(=O)(=O)c4ccccc4)C3)n2)cc1[N+](=O)[O-]. The van der Waals surface area contributed by atoms with Crippen LogP contribution in [0.4, 0.5) is 10.8 Å². The molecular weight excluding hydrogens is 464 g/mol. The van der Waals surface area contributed by atoms with E-state index in [-0.39, 0.29) is 23.0 Å². The van der Waals surface area contributed by atoms with Gasteiger partial charge in [-0.05, 0) is 31.9 Å². The molecule has 1 aromatic heterocycles. The summed E-state index contributed by atoms with van der Waals surface area (Å²) in [4.78, 5) is 28.2. The van der Waals surface area contributed by atoms with E-state index >= 15 is 0 Å². The molecule has 33 heavy (non-hydrogen) atoms. The minimum atomic E-state index is -3.66. The van der Waals surface area contributed by atoms with E-state index in [1.807, 2.05) is 0 Å². The first kappa shape index (κ1) is 23.0. The Morgan fingerprint density at radius 2 is 2.00 bits per heavy atom. The Hall–Kier alpha value is -3.15. The van der Waals surface area contributed by atoms with Gasteiger partial charge in [-0.2, -0.15) is 4.31 Å². The Balaban J connectivity index is 1.45. The number of hydrogen-bond donors (Lipinski definition) is 1. The van der Waals surface area contributed by atoms with Crippen LogP contribution in [0.5, 0.6) is 0 Å². The largest absolute Gasteiger partial charge is 0.302 e. The van der Waals surface area contributed by atoms with Crippen LogP contribution in [0.2, 0.25) is 0 Å². The van der Waals surface area contributed by atoms with Crippen LogP contribution >= 0.6 is 11.3 Å². The predicted molar refractivity (Wildman–Crippen MR) is 125 cm³/mol. The molecule has 1 saturated heterocycles. The topological polar surface area (TPSA) is 123 Å². The molecule has 4 rings (SSSR count). The number of anilines is 1. The number of nitrogens with zero attached hydrogens (tertiary/aromatic N) is 3. The Kier molecular flexibility index (Phi) is 6.54. The number of amides is 1. The van der Waals surface area contributed by atoms with Gasteiger partial charge in [0, 0.05) is 35.7 Å². The molecule has 1 atom stereocenters. The minimum Gasteiger partial charge on any atom is -0.302 e. The van der Waals surface area contributed by atoms with E-state index in [2.05, 4.69) is 10.3 Å². The average Bonchev–Trinajstić information content (AvgIpc) is 3.28. The van der Waals surface area contributed by atoms with Crippen molar-refractivity contribution in [2.45, 2.75) is 24.7 Å². The highest BCUT2D eigenvalue weighted by molar-refractivity contribution is 7.89. The highest BCUT2D eigenvalue weighted by atomic mass is 32.2. The highest BCUT2D eigenvalue weighted by Gasteiger charge is 2.33. The molecule has 0 radical (unpaired) electrons. The maximum atomic E-state index is 12.9. The van der Waals surface area contributed by atoms with Gasteiger partial charge < -0.3 is 5.32 Å². The Labute approximate surface area is 195 Å². The lowest BCUT2D eigenvalue weighted by Crippen LogP contribution is -2.43. The second-order valence-corrected chi connectivity index (χ2v) is 10.6. The molecule has 1 unspecified atom stereocenters. The summed E-state index contributed by atoms with van der Waals surface area (Å²) in [5.74, 6) is -0.788. The molecule has 1 N–H and O–H groups in total. The van der Waals surface area contributed by atoms with Crippen molar-refractivity contribution >= 4 is 38.1 Å². The molecule has 9 nitrogen and oxygen atoms in total. The van der Waals surface area contributed by atoms with Crippen molar-refractivity contribution in [3.63, 3.8) is 0 Å². The molecule has 2 heterocycles. The van der Waals surface area contributed by atoms with Crippen molar-refractivity contribution in [1.29, 1.82) is 0 Å². The van der Waals surface area contributed by atoms with E-state index < -0.39 is 20.9 Å². The van der Waals surface area contributed by atoms with Crippen LogP contribution in [-0.4, -0.2) is 41.6 Å². The lowest BCUT2D eigenvalue weighted by molar-refractivity contribution is -0.385. The summed E-state index contributed by atoms with van der Waals surface area (Å²) < 4.78 is 27.2. The molecule has 1 amide bonds. The first-order valence-corrected chi connectivity index (χ1v) is 12.6. The molecule has 1 fully saturated rings. The number of sulfonamides is 1. The number of carbonyl (C=O) groups excluding carboxylic acids is 1. The zero-order chi connectivity index (χ0) is 23.6. The van der Waals surface area contributed by atoms with Crippen molar-refractivity contribution in [3.8, 4) is 11.3 Å². The summed E-state index contributed by atoms with van der Waals surface area (Å²) in [5.41, 5.74) is 1.67. The smallest absolute Gasteiger partial charge is 0.272 e. The number of rotatable bonds is 6. The summed E-state index contributed by atoms with van der Waals surface area (Å²) in [6.07, 6.45) is 1.16. The van der Waals surface area contributed by atoms with Crippen molar-refractivity contribution in [3.05, 3.63) is 69.6 Å². The number of hydrogen-bond acceptors (Lipinski definition) is 7. The monoisotopic (exact) mass is 486 g/mol. The zero-order valence-electron chi connectivity index (χ0n) is 17.8. The van der Waals surface area contributed by atoms with Crippen LogP contribution in [0.15, 0.2) is 58.8 Å². The van der Waals surface area contributed by atoms with Crippen molar-refractivity contribution in [1.82, 2.24) is 9.29 Å². The van der Waals surface area contributed by atoms with E-state index in [1.54, 1.807) is 54.8 Å². The molecule has 172 valence electrons. The standard InChI is InChI=1S/C22H22N4O5S2/c1-15-9-10-16(12-20(15)26(28)29)19-14-32-22(23-19)24-21(27)17-6-5-11-25(13-17)33(30,31)18-7-3-2-4-8-18/h2-4,7-10,12,14,17H,5-6,11,13H2,1H3,(H,23,24,27). The number of nitro benzene ring substituents is 1. The first-order valence-electron chi connectivity index (χ1n) is 10.3. The van der Waals surface area contributed by atoms with Crippen LogP contribution < -0.4 is 5.32 Å². The highest BCUT2D eigenvalue weighted by Crippen LogP contribution is 2.30. The molecule has 0 spiro atoms. The predicted octanol–water partition coefficient (Wildman–Crippen LogP) is 4.07. The molecule has 0 saturated carbocycles. The quantitative estimate of drug-likeness (QED) is 0.414. The summed E-state index contributed by atoms with van der Waals surface area (Å²) in [6, 6.07) is 13.1. The molecule has 0 aliphatic carbocycles. The number of aryl methyl sites for hydroxylation is 1. The fraction of sp³-hybridized carbons (Fsp3) is 0.273. The van der Waals surface area contributed by atoms with Gasteiger partial charge in [0.25, 0.3) is 5.69 Å². The third-order valence-corrected chi connectivity index (χ3v) is 8.21. The molecular formula is C22H22N4O5S2. The second-order valence-electron chi connectivity index (χ2n) is 7.80. The number of carbonyl (C=O) groups is 1. The normalized spacial score (nSPS) is 16.9. The molecule has 2 aromatic carbocycles. The Morgan fingerprint density at radius 1 is 1.24 bits per heavy atom. The average molecular weight is 487 g/mol. The van der Waals surface area contributed by atoms with Crippen LogP contribution in [0, 0.1) is 23.0 Å².